The number of hydrogen-bond acceptors (Lipinski definition) is 6. The first-order valence-corrected chi connectivity index (χ1v) is 12.1. The summed E-state index contributed by atoms with van der Waals surface area (Å²) >= 11 is 0. The van der Waals surface area contributed by atoms with Gasteiger partial charge in [-0.1, -0.05) is 24.3 Å². The number of rotatable bonds is 9. The lowest BCUT2D eigenvalue weighted by molar-refractivity contribution is 0.0711. The number of nitrogens with two attached hydrogens (primary N) is 1. The van der Waals surface area contributed by atoms with E-state index in [0.29, 0.717) is 23.4 Å². The summed E-state index contributed by atoms with van der Waals surface area (Å²) < 4.78 is 29.9. The van der Waals surface area contributed by atoms with E-state index < -0.39 is 35.2 Å². The molecule has 0 saturated heterocycles. The molecule has 2 unspecified atom stereocenters. The topological polar surface area (TPSA) is 101 Å². The number of para-hydroxylation sites is 1. The number of aryl methyl sites for hydroxylation is 1. The summed E-state index contributed by atoms with van der Waals surface area (Å²) in [4.78, 5) is 37.5. The van der Waals surface area contributed by atoms with Crippen LogP contribution >= 0.6 is 0 Å². The van der Waals surface area contributed by atoms with E-state index in [-0.39, 0.29) is 36.6 Å². The Morgan fingerprint density at radius 2 is 1.97 bits per heavy atom. The summed E-state index contributed by atoms with van der Waals surface area (Å²) in [6.45, 7) is 1.71. The first-order chi connectivity index (χ1) is 18.4. The quantitative estimate of drug-likeness (QED) is 0.414. The fraction of sp³-hybridized carbons (Fsp3) is 0.241. The molecule has 3 aromatic rings. The van der Waals surface area contributed by atoms with E-state index in [1.165, 1.54) is 30.3 Å². The van der Waals surface area contributed by atoms with Crippen molar-refractivity contribution in [2.24, 2.45) is 10.7 Å². The fourth-order valence-electron chi connectivity index (χ4n) is 4.43. The van der Waals surface area contributed by atoms with E-state index >= 15 is 4.39 Å². The second-order valence-electron chi connectivity index (χ2n) is 8.86. The SMILES string of the molecule is C#CCC(C1=Nc2cnccc2C(=O)C1Nc1ccccc1)N(CCCN)C(=O)c1c(F)ccc(C)c1F. The fourth-order valence-corrected chi connectivity index (χ4v) is 4.43. The summed E-state index contributed by atoms with van der Waals surface area (Å²) in [6.07, 6.45) is 8.94. The lowest BCUT2D eigenvalue weighted by atomic mass is 9.89. The summed E-state index contributed by atoms with van der Waals surface area (Å²) in [5.74, 6) is -0.601. The maximum Gasteiger partial charge on any atom is 0.260 e. The number of carbonyl (C=O) groups is 2. The van der Waals surface area contributed by atoms with Crippen LogP contribution in [0.3, 0.4) is 0 Å². The molecule has 1 amide bonds. The van der Waals surface area contributed by atoms with Gasteiger partial charge in [-0.2, -0.15) is 0 Å². The molecule has 1 aliphatic heterocycles. The molecule has 2 heterocycles. The van der Waals surface area contributed by atoms with Crippen molar-refractivity contribution >= 4 is 28.8 Å². The molecule has 4 rings (SSSR count). The number of nitrogens with zero attached hydrogens (tertiary/aromatic N) is 3. The normalized spacial score (nSPS) is 15.2. The van der Waals surface area contributed by atoms with Gasteiger partial charge in [0.2, 0.25) is 0 Å². The zero-order chi connectivity index (χ0) is 27.2. The number of fused-ring (bicyclic) bond motifs is 1. The van der Waals surface area contributed by atoms with Crippen LogP contribution in [0.5, 0.6) is 0 Å². The Balaban J connectivity index is 1.86. The summed E-state index contributed by atoms with van der Waals surface area (Å²) in [5.41, 5.74) is 6.73. The highest BCUT2D eigenvalue weighted by atomic mass is 19.1. The van der Waals surface area contributed by atoms with Crippen molar-refractivity contribution in [3.05, 3.63) is 89.2 Å². The number of ketones is 1. The Bertz CT molecular complexity index is 1420. The average Bonchev–Trinajstić information content (AvgIpc) is 2.92. The van der Waals surface area contributed by atoms with Crippen molar-refractivity contribution in [1.82, 2.24) is 9.88 Å². The van der Waals surface area contributed by atoms with E-state index in [2.05, 4.69) is 16.2 Å². The highest BCUT2D eigenvalue weighted by Gasteiger charge is 2.40. The van der Waals surface area contributed by atoms with Gasteiger partial charge < -0.3 is 16.0 Å². The standard InChI is InChI=1S/C29H27F2N5O2/c1-3-8-23(36(16-7-14-32)29(38)24-21(30)12-11-18(2)25(24)31)26-27(34-19-9-5-4-6-10-19)28(37)20-13-15-33-17-22(20)35-26/h1,4-6,9-13,15,17,23,27,34H,7-8,14,16,32H2,2H3. The third-order valence-electron chi connectivity index (χ3n) is 6.35. The molecule has 0 spiro atoms. The van der Waals surface area contributed by atoms with Crippen molar-refractivity contribution in [2.45, 2.75) is 31.8 Å². The monoisotopic (exact) mass is 515 g/mol. The van der Waals surface area contributed by atoms with Crippen LogP contribution in [0.25, 0.3) is 0 Å². The minimum atomic E-state index is -0.995. The van der Waals surface area contributed by atoms with Gasteiger partial charge in [0.1, 0.15) is 23.2 Å². The Hall–Kier alpha value is -4.42. The molecule has 9 heteroatoms. The molecule has 0 aliphatic carbocycles. The molecular weight excluding hydrogens is 488 g/mol. The maximum absolute atomic E-state index is 15.1. The van der Waals surface area contributed by atoms with Crippen LogP contribution in [-0.2, 0) is 0 Å². The van der Waals surface area contributed by atoms with Crippen molar-refractivity contribution in [3.63, 3.8) is 0 Å². The molecule has 7 nitrogen and oxygen atoms in total. The van der Waals surface area contributed by atoms with E-state index in [1.807, 2.05) is 18.2 Å². The molecule has 1 aromatic heterocycles. The van der Waals surface area contributed by atoms with Gasteiger partial charge in [0.15, 0.2) is 5.78 Å². The van der Waals surface area contributed by atoms with Gasteiger partial charge in [-0.3, -0.25) is 19.6 Å². The molecule has 2 aromatic carbocycles. The smallest absolute Gasteiger partial charge is 0.260 e. The lowest BCUT2D eigenvalue weighted by Crippen LogP contribution is -2.54. The number of carbonyl (C=O) groups excluding carboxylic acids is 2. The number of nitrogens with one attached hydrogen (secondary N) is 1. The molecule has 0 fully saturated rings. The van der Waals surface area contributed by atoms with Crippen molar-refractivity contribution in [3.8, 4) is 12.3 Å². The molecule has 38 heavy (non-hydrogen) atoms. The van der Waals surface area contributed by atoms with Crippen molar-refractivity contribution in [1.29, 1.82) is 0 Å². The largest absolute Gasteiger partial charge is 0.370 e. The number of aliphatic imine (C=N–C) groups is 1. The molecular formula is C29H27F2N5O2. The second kappa shape index (κ2) is 11.8. The van der Waals surface area contributed by atoms with Gasteiger partial charge in [-0.25, -0.2) is 8.78 Å². The predicted octanol–water partition coefficient (Wildman–Crippen LogP) is 4.30. The van der Waals surface area contributed by atoms with Crippen molar-refractivity contribution in [2.75, 3.05) is 18.4 Å². The third kappa shape index (κ3) is 5.31. The van der Waals surface area contributed by atoms with Gasteiger partial charge in [-0.15, -0.1) is 12.3 Å². The van der Waals surface area contributed by atoms with Gasteiger partial charge >= 0.3 is 0 Å². The number of Topliss-reactive ketones (excluding diaryl/α,β-unsaturated/α-hetero) is 1. The molecule has 1 aliphatic rings. The van der Waals surface area contributed by atoms with Crippen molar-refractivity contribution < 1.29 is 18.4 Å². The number of hydrogen-bond donors (Lipinski definition) is 2. The Kier molecular flexibility index (Phi) is 8.24. The number of amides is 1. The molecule has 0 radical (unpaired) electrons. The zero-order valence-corrected chi connectivity index (χ0v) is 20.8. The number of terminal acetylenes is 1. The van der Waals surface area contributed by atoms with Crippen LogP contribution in [0.15, 0.2) is 65.9 Å². The average molecular weight is 516 g/mol. The van der Waals surface area contributed by atoms with Crippen LogP contribution < -0.4 is 11.1 Å². The molecule has 3 N–H and O–H groups in total. The minimum absolute atomic E-state index is 0.0413. The van der Waals surface area contributed by atoms with E-state index in [9.17, 15) is 14.0 Å². The van der Waals surface area contributed by atoms with Gasteiger partial charge in [0, 0.05) is 30.4 Å². The maximum atomic E-state index is 15.1. The number of halogens is 2. The number of aromatic nitrogens is 1. The Morgan fingerprint density at radius 3 is 2.68 bits per heavy atom. The zero-order valence-electron chi connectivity index (χ0n) is 20.8. The molecule has 2 atom stereocenters. The number of anilines is 1. The van der Waals surface area contributed by atoms with Gasteiger partial charge in [0.05, 0.1) is 23.6 Å². The highest BCUT2D eigenvalue weighted by Crippen LogP contribution is 2.30. The summed E-state index contributed by atoms with van der Waals surface area (Å²) in [7, 11) is 0. The van der Waals surface area contributed by atoms with Crippen LogP contribution in [-0.4, -0.2) is 52.5 Å². The first kappa shape index (κ1) is 26.6. The van der Waals surface area contributed by atoms with E-state index in [0.717, 1.165) is 6.07 Å². The van der Waals surface area contributed by atoms with Crippen LogP contribution in [0.2, 0.25) is 0 Å². The molecule has 0 bridgehead atoms. The van der Waals surface area contributed by atoms with E-state index in [4.69, 9.17) is 17.1 Å². The van der Waals surface area contributed by atoms with Crippen LogP contribution in [0.1, 0.15) is 39.1 Å². The van der Waals surface area contributed by atoms with Crippen LogP contribution in [0.4, 0.5) is 20.2 Å². The van der Waals surface area contributed by atoms with E-state index in [1.54, 1.807) is 18.2 Å². The Morgan fingerprint density at radius 1 is 1.21 bits per heavy atom. The van der Waals surface area contributed by atoms with Gasteiger partial charge in [-0.05, 0) is 49.7 Å². The highest BCUT2D eigenvalue weighted by molar-refractivity contribution is 6.24. The lowest BCUT2D eigenvalue weighted by Gasteiger charge is -2.36. The second-order valence-corrected chi connectivity index (χ2v) is 8.86. The summed E-state index contributed by atoms with van der Waals surface area (Å²) in [5, 5.41) is 3.20. The first-order valence-electron chi connectivity index (χ1n) is 12.1. The predicted molar refractivity (Wildman–Crippen MR) is 143 cm³/mol. The molecule has 194 valence electrons. The Labute approximate surface area is 219 Å². The van der Waals surface area contributed by atoms with Crippen LogP contribution in [0, 0.1) is 30.9 Å². The summed E-state index contributed by atoms with van der Waals surface area (Å²) in [6, 6.07) is 11.0. The third-order valence-corrected chi connectivity index (χ3v) is 6.35. The number of benzene rings is 2. The minimum Gasteiger partial charge on any atom is -0.370 e. The van der Waals surface area contributed by atoms with Gasteiger partial charge in [0.25, 0.3) is 5.91 Å². The molecule has 0 saturated carbocycles. The number of pyridine rings is 1.